The van der Waals surface area contributed by atoms with Gasteiger partial charge in [-0.1, -0.05) is 11.6 Å². The minimum atomic E-state index is -4.71. The molecular formula is C11H8ClF6NO2. The minimum Gasteiger partial charge on any atom is -0.372 e. The Morgan fingerprint density at radius 3 is 2.29 bits per heavy atom. The van der Waals surface area contributed by atoms with Gasteiger partial charge in [0.2, 0.25) is 0 Å². The lowest BCUT2D eigenvalue weighted by Crippen LogP contribution is -2.18. The van der Waals surface area contributed by atoms with E-state index in [1.165, 1.54) is 0 Å². The molecule has 0 amide bonds. The fourth-order valence-electron chi connectivity index (χ4n) is 1.29. The lowest BCUT2D eigenvalue weighted by molar-refractivity contribution is -0.173. The summed E-state index contributed by atoms with van der Waals surface area (Å²) in [7, 11) is 0. The Hall–Kier alpha value is -1.35. The molecular weight excluding hydrogens is 328 g/mol. The van der Waals surface area contributed by atoms with Crippen molar-refractivity contribution in [3.63, 3.8) is 0 Å². The number of Topliss-reactive ketones (excluding diaryl/α,β-unsaturated/α-hetero) is 1. The third-order valence-corrected chi connectivity index (χ3v) is 2.47. The fraction of sp³-hybridized carbons (Fsp3) is 0.455. The Balaban J connectivity index is 2.63. The average Bonchev–Trinajstić information content (AvgIpc) is 2.32. The first-order valence-electron chi connectivity index (χ1n) is 5.42. The van der Waals surface area contributed by atoms with Crippen LogP contribution in [0.1, 0.15) is 22.5 Å². The highest BCUT2D eigenvalue weighted by molar-refractivity contribution is 6.32. The van der Waals surface area contributed by atoms with Gasteiger partial charge in [0.15, 0.2) is 5.78 Å². The van der Waals surface area contributed by atoms with Crippen molar-refractivity contribution in [3.05, 3.63) is 28.5 Å². The number of carbonyl (C=O) groups excluding carboxylic acids is 1. The van der Waals surface area contributed by atoms with E-state index in [1.807, 2.05) is 0 Å². The van der Waals surface area contributed by atoms with Gasteiger partial charge in [-0.3, -0.25) is 4.79 Å². The van der Waals surface area contributed by atoms with Crippen LogP contribution in [-0.2, 0) is 10.9 Å². The van der Waals surface area contributed by atoms with Crippen LogP contribution in [0.4, 0.5) is 26.3 Å². The van der Waals surface area contributed by atoms with E-state index in [2.05, 4.69) is 9.72 Å². The summed E-state index contributed by atoms with van der Waals surface area (Å²) in [5, 5.41) is -0.661. The van der Waals surface area contributed by atoms with Gasteiger partial charge in [-0.25, -0.2) is 4.98 Å². The van der Waals surface area contributed by atoms with E-state index in [0.717, 1.165) is 6.07 Å². The van der Waals surface area contributed by atoms with E-state index in [-0.39, 0.29) is 5.56 Å². The van der Waals surface area contributed by atoms with Crippen molar-refractivity contribution in [2.75, 3.05) is 13.2 Å². The number of nitrogens with zero attached hydrogens (tertiary/aromatic N) is 1. The standard InChI is InChI=1S/C11H8ClF6NO2/c12-9-6(1-2-8(19-9)11(16,17)18)7(20)3-4-21-5-10(13,14)15/h1-2H,3-5H2. The van der Waals surface area contributed by atoms with Crippen LogP contribution in [0.15, 0.2) is 12.1 Å². The molecule has 0 aliphatic heterocycles. The molecule has 0 saturated carbocycles. The fourth-order valence-corrected chi connectivity index (χ4v) is 1.55. The van der Waals surface area contributed by atoms with E-state index < -0.39 is 48.6 Å². The van der Waals surface area contributed by atoms with Gasteiger partial charge in [-0.05, 0) is 12.1 Å². The molecule has 0 atom stereocenters. The van der Waals surface area contributed by atoms with Crippen LogP contribution in [0.5, 0.6) is 0 Å². The molecule has 0 aromatic carbocycles. The van der Waals surface area contributed by atoms with Crippen molar-refractivity contribution in [3.8, 4) is 0 Å². The number of aromatic nitrogens is 1. The second-order valence-electron chi connectivity index (χ2n) is 3.87. The molecule has 1 aromatic rings. The molecule has 0 saturated heterocycles. The Morgan fingerprint density at radius 1 is 1.19 bits per heavy atom. The number of halogens is 7. The monoisotopic (exact) mass is 335 g/mol. The summed E-state index contributed by atoms with van der Waals surface area (Å²) in [5.41, 5.74) is -1.57. The summed E-state index contributed by atoms with van der Waals surface area (Å²) in [4.78, 5) is 14.6. The molecule has 3 nitrogen and oxygen atoms in total. The van der Waals surface area contributed by atoms with Gasteiger partial charge in [-0.15, -0.1) is 0 Å². The highest BCUT2D eigenvalue weighted by Gasteiger charge is 2.33. The van der Waals surface area contributed by atoms with Gasteiger partial charge in [-0.2, -0.15) is 26.3 Å². The summed E-state index contributed by atoms with van der Waals surface area (Å²) in [6.45, 7) is -2.05. The molecule has 0 spiro atoms. The topological polar surface area (TPSA) is 39.2 Å². The Bertz CT molecular complexity index is 514. The molecule has 0 radical (unpaired) electrons. The van der Waals surface area contributed by atoms with Crippen molar-refractivity contribution in [2.24, 2.45) is 0 Å². The van der Waals surface area contributed by atoms with Gasteiger partial charge in [0, 0.05) is 6.42 Å². The van der Waals surface area contributed by atoms with E-state index in [4.69, 9.17) is 11.6 Å². The smallest absolute Gasteiger partial charge is 0.372 e. The van der Waals surface area contributed by atoms with Gasteiger partial charge in [0.1, 0.15) is 17.5 Å². The average molecular weight is 336 g/mol. The van der Waals surface area contributed by atoms with E-state index >= 15 is 0 Å². The van der Waals surface area contributed by atoms with Gasteiger partial charge < -0.3 is 4.74 Å². The van der Waals surface area contributed by atoms with Crippen LogP contribution in [-0.4, -0.2) is 30.2 Å². The first-order chi connectivity index (χ1) is 9.50. The van der Waals surface area contributed by atoms with Crippen LogP contribution >= 0.6 is 11.6 Å². The van der Waals surface area contributed by atoms with Crippen LogP contribution in [0.25, 0.3) is 0 Å². The molecule has 1 aromatic heterocycles. The molecule has 1 heterocycles. The lowest BCUT2D eigenvalue weighted by atomic mass is 10.1. The zero-order chi connectivity index (χ0) is 16.3. The van der Waals surface area contributed by atoms with Crippen molar-refractivity contribution < 1.29 is 35.9 Å². The molecule has 21 heavy (non-hydrogen) atoms. The van der Waals surface area contributed by atoms with Gasteiger partial charge in [0.05, 0.1) is 12.2 Å². The first kappa shape index (κ1) is 17.7. The summed E-state index contributed by atoms with van der Waals surface area (Å²) in [5.74, 6) is -0.761. The van der Waals surface area contributed by atoms with Crippen LogP contribution in [0, 0.1) is 0 Å². The lowest BCUT2D eigenvalue weighted by Gasteiger charge is -2.09. The van der Waals surface area contributed by atoms with E-state index in [1.54, 1.807) is 0 Å². The molecule has 0 unspecified atom stereocenters. The number of hydrogen-bond acceptors (Lipinski definition) is 3. The van der Waals surface area contributed by atoms with Crippen LogP contribution in [0.3, 0.4) is 0 Å². The Labute approximate surface area is 119 Å². The van der Waals surface area contributed by atoms with Crippen LogP contribution < -0.4 is 0 Å². The molecule has 0 N–H and O–H groups in total. The molecule has 0 bridgehead atoms. The summed E-state index contributed by atoms with van der Waals surface area (Å²) in [6.07, 6.45) is -9.68. The molecule has 0 aliphatic carbocycles. The third-order valence-electron chi connectivity index (χ3n) is 2.18. The second kappa shape index (κ2) is 6.61. The maximum Gasteiger partial charge on any atom is 0.433 e. The van der Waals surface area contributed by atoms with Crippen molar-refractivity contribution in [1.29, 1.82) is 0 Å². The number of ketones is 1. The number of alkyl halides is 6. The predicted molar refractivity (Wildman–Crippen MR) is 60.1 cm³/mol. The van der Waals surface area contributed by atoms with Gasteiger partial charge in [0.25, 0.3) is 0 Å². The first-order valence-corrected chi connectivity index (χ1v) is 5.80. The highest BCUT2D eigenvalue weighted by Crippen LogP contribution is 2.29. The number of rotatable bonds is 5. The number of pyridine rings is 1. The molecule has 0 aliphatic rings. The van der Waals surface area contributed by atoms with Crippen molar-refractivity contribution in [2.45, 2.75) is 18.8 Å². The van der Waals surface area contributed by atoms with Crippen LogP contribution in [0.2, 0.25) is 5.15 Å². The minimum absolute atomic E-state index is 0.305. The van der Waals surface area contributed by atoms with E-state index in [9.17, 15) is 31.1 Å². The van der Waals surface area contributed by atoms with E-state index in [0.29, 0.717) is 6.07 Å². The quantitative estimate of drug-likeness (QED) is 0.354. The Kier molecular flexibility index (Phi) is 5.57. The third kappa shape index (κ3) is 5.88. The SMILES string of the molecule is O=C(CCOCC(F)(F)F)c1ccc(C(F)(F)F)nc1Cl. The number of carbonyl (C=O) groups is 1. The summed E-state index contributed by atoms with van der Waals surface area (Å²) >= 11 is 5.46. The molecule has 0 fully saturated rings. The summed E-state index contributed by atoms with van der Waals surface area (Å²) < 4.78 is 76.5. The van der Waals surface area contributed by atoms with Gasteiger partial charge >= 0.3 is 12.4 Å². The zero-order valence-electron chi connectivity index (χ0n) is 10.2. The second-order valence-corrected chi connectivity index (χ2v) is 4.23. The normalized spacial score (nSPS) is 12.5. The maximum absolute atomic E-state index is 12.3. The summed E-state index contributed by atoms with van der Waals surface area (Å²) in [6, 6.07) is 1.39. The van der Waals surface area contributed by atoms with Crippen molar-refractivity contribution >= 4 is 17.4 Å². The zero-order valence-corrected chi connectivity index (χ0v) is 10.9. The highest BCUT2D eigenvalue weighted by atomic mass is 35.5. The van der Waals surface area contributed by atoms with Crippen molar-refractivity contribution in [1.82, 2.24) is 4.98 Å². The Morgan fingerprint density at radius 2 is 1.81 bits per heavy atom. The number of ether oxygens (including phenoxy) is 1. The molecule has 10 heteroatoms. The molecule has 118 valence electrons. The predicted octanol–water partition coefficient (Wildman–Crippen LogP) is 3.91. The number of hydrogen-bond donors (Lipinski definition) is 0. The maximum atomic E-state index is 12.3. The largest absolute Gasteiger partial charge is 0.433 e. The molecule has 1 rings (SSSR count).